The first kappa shape index (κ1) is 13.8. The molecule has 0 aliphatic rings. The van der Waals surface area contributed by atoms with E-state index in [1.165, 1.54) is 0 Å². The Hall–Kier alpha value is -1.30. The molecule has 0 saturated heterocycles. The lowest BCUT2D eigenvalue weighted by Crippen LogP contribution is -2.35. The lowest BCUT2D eigenvalue weighted by atomic mass is 10.2. The van der Waals surface area contributed by atoms with Crippen LogP contribution in [-0.2, 0) is 9.53 Å². The normalized spacial score (nSPS) is 12.9. The first-order chi connectivity index (χ1) is 7.81. The zero-order chi connectivity index (χ0) is 13.1. The van der Waals surface area contributed by atoms with E-state index >= 15 is 0 Å². The summed E-state index contributed by atoms with van der Waals surface area (Å²) in [6, 6.07) is 2.39. The maximum Gasteiger partial charge on any atom is 0.408 e. The predicted octanol–water partition coefficient (Wildman–Crippen LogP) is 2.81. The minimum atomic E-state index is -0.851. The van der Waals surface area contributed by atoms with E-state index in [9.17, 15) is 9.59 Å². The minimum absolute atomic E-state index is 0.345. The van der Waals surface area contributed by atoms with Gasteiger partial charge in [0.15, 0.2) is 4.67 Å². The lowest BCUT2D eigenvalue weighted by molar-refractivity contribution is -0.110. The zero-order valence-electron chi connectivity index (χ0n) is 9.82. The summed E-state index contributed by atoms with van der Waals surface area (Å²) >= 11 is 3.12. The van der Waals surface area contributed by atoms with Crippen LogP contribution in [0.1, 0.15) is 32.6 Å². The van der Waals surface area contributed by atoms with Crippen LogP contribution in [-0.4, -0.2) is 18.0 Å². The highest BCUT2D eigenvalue weighted by Crippen LogP contribution is 2.19. The van der Waals surface area contributed by atoms with E-state index < -0.39 is 17.7 Å². The topological polar surface area (TPSA) is 68.5 Å². The number of alkyl carbamates (subject to hydrolysis) is 1. The Balaban J connectivity index is 2.65. The first-order valence-electron chi connectivity index (χ1n) is 5.02. The second-order valence-electron chi connectivity index (χ2n) is 4.40. The van der Waals surface area contributed by atoms with Gasteiger partial charge in [-0.2, -0.15) is 0 Å². The van der Waals surface area contributed by atoms with Crippen molar-refractivity contribution in [3.8, 4) is 0 Å². The molecule has 1 aromatic heterocycles. The molecule has 1 atom stereocenters. The van der Waals surface area contributed by atoms with Gasteiger partial charge >= 0.3 is 6.09 Å². The van der Waals surface area contributed by atoms with E-state index in [-0.39, 0.29) is 0 Å². The number of furan rings is 1. The van der Waals surface area contributed by atoms with Crippen LogP contribution in [0.25, 0.3) is 0 Å². The SMILES string of the molecule is CC(C)(C)OC(=O)NC(C=O)c1ccc(Br)o1. The molecule has 1 heterocycles. The molecule has 5 nitrogen and oxygen atoms in total. The van der Waals surface area contributed by atoms with Crippen LogP contribution in [0.4, 0.5) is 4.79 Å². The highest BCUT2D eigenvalue weighted by molar-refractivity contribution is 9.10. The van der Waals surface area contributed by atoms with E-state index in [4.69, 9.17) is 9.15 Å². The van der Waals surface area contributed by atoms with Gasteiger partial charge in [-0.15, -0.1) is 0 Å². The Morgan fingerprint density at radius 3 is 2.59 bits per heavy atom. The van der Waals surface area contributed by atoms with Crippen molar-refractivity contribution in [2.24, 2.45) is 0 Å². The number of amides is 1. The third kappa shape index (κ3) is 4.60. The van der Waals surface area contributed by atoms with Crippen LogP contribution in [0.5, 0.6) is 0 Å². The van der Waals surface area contributed by atoms with Gasteiger partial charge in [0, 0.05) is 0 Å². The fraction of sp³-hybridized carbons (Fsp3) is 0.455. The first-order valence-corrected chi connectivity index (χ1v) is 5.81. The molecular weight excluding hydrogens is 290 g/mol. The molecule has 0 spiro atoms. The maximum atomic E-state index is 11.5. The number of hydrogen-bond donors (Lipinski definition) is 1. The number of carbonyl (C=O) groups excluding carboxylic acids is 2. The summed E-state index contributed by atoms with van der Waals surface area (Å²) < 4.78 is 10.7. The van der Waals surface area contributed by atoms with Gasteiger partial charge in [0.25, 0.3) is 0 Å². The van der Waals surface area contributed by atoms with Crippen LogP contribution in [0.3, 0.4) is 0 Å². The van der Waals surface area contributed by atoms with E-state index in [2.05, 4.69) is 21.2 Å². The fourth-order valence-corrected chi connectivity index (χ4v) is 1.42. The summed E-state index contributed by atoms with van der Waals surface area (Å²) in [6.45, 7) is 5.23. The Morgan fingerprint density at radius 1 is 1.53 bits per heavy atom. The third-order valence-corrected chi connectivity index (χ3v) is 2.14. The molecular formula is C11H14BrNO4. The van der Waals surface area contributed by atoms with Crippen molar-refractivity contribution >= 4 is 28.3 Å². The fourth-order valence-electron chi connectivity index (χ4n) is 1.10. The van der Waals surface area contributed by atoms with Gasteiger partial charge in [0.05, 0.1) is 0 Å². The Kier molecular flexibility index (Phi) is 4.34. The van der Waals surface area contributed by atoms with E-state index in [1.54, 1.807) is 32.9 Å². The highest BCUT2D eigenvalue weighted by atomic mass is 79.9. The van der Waals surface area contributed by atoms with Crippen LogP contribution in [0, 0.1) is 0 Å². The average Bonchev–Trinajstić information content (AvgIpc) is 2.58. The molecule has 0 aliphatic heterocycles. The van der Waals surface area contributed by atoms with E-state index in [0.29, 0.717) is 16.7 Å². The van der Waals surface area contributed by atoms with Crippen molar-refractivity contribution in [1.29, 1.82) is 0 Å². The Labute approximate surface area is 108 Å². The number of ether oxygens (including phenoxy) is 1. The quantitative estimate of drug-likeness (QED) is 0.872. The summed E-state index contributed by atoms with van der Waals surface area (Å²) in [7, 11) is 0. The molecule has 0 aliphatic carbocycles. The molecule has 17 heavy (non-hydrogen) atoms. The van der Waals surface area contributed by atoms with Gasteiger partial charge in [-0.1, -0.05) is 0 Å². The van der Waals surface area contributed by atoms with Gasteiger partial charge in [-0.3, -0.25) is 0 Å². The third-order valence-electron chi connectivity index (χ3n) is 1.71. The maximum absolute atomic E-state index is 11.5. The number of aldehydes is 1. The van der Waals surface area contributed by atoms with Crippen molar-refractivity contribution < 1.29 is 18.7 Å². The largest absolute Gasteiger partial charge is 0.452 e. The summed E-state index contributed by atoms with van der Waals surface area (Å²) in [5, 5.41) is 2.41. The molecule has 94 valence electrons. The van der Waals surface area contributed by atoms with Gasteiger partial charge in [-0.05, 0) is 48.8 Å². The van der Waals surface area contributed by atoms with Gasteiger partial charge in [-0.25, -0.2) is 4.79 Å². The number of halogens is 1. The summed E-state index contributed by atoms with van der Waals surface area (Å²) in [5.74, 6) is 0.345. The predicted molar refractivity (Wildman–Crippen MR) is 64.6 cm³/mol. The smallest absolute Gasteiger partial charge is 0.408 e. The van der Waals surface area contributed by atoms with Crippen molar-refractivity contribution in [3.63, 3.8) is 0 Å². The van der Waals surface area contributed by atoms with E-state index in [1.807, 2.05) is 0 Å². The number of nitrogens with one attached hydrogen (secondary N) is 1. The van der Waals surface area contributed by atoms with Crippen LogP contribution < -0.4 is 5.32 Å². The summed E-state index contributed by atoms with van der Waals surface area (Å²) in [4.78, 5) is 22.3. The van der Waals surface area contributed by atoms with Crippen molar-refractivity contribution in [2.45, 2.75) is 32.4 Å². The van der Waals surface area contributed by atoms with Gasteiger partial charge < -0.3 is 19.3 Å². The molecule has 0 aromatic carbocycles. The van der Waals surface area contributed by atoms with Crippen molar-refractivity contribution in [2.75, 3.05) is 0 Å². The summed E-state index contributed by atoms with van der Waals surface area (Å²) in [5.41, 5.74) is -0.610. The molecule has 1 amide bonds. The lowest BCUT2D eigenvalue weighted by Gasteiger charge is -2.20. The molecule has 1 unspecified atom stereocenters. The Morgan fingerprint density at radius 2 is 2.18 bits per heavy atom. The van der Waals surface area contributed by atoms with Crippen LogP contribution in [0.15, 0.2) is 21.2 Å². The Bertz CT molecular complexity index is 408. The average molecular weight is 304 g/mol. The second kappa shape index (κ2) is 5.35. The molecule has 0 radical (unpaired) electrons. The van der Waals surface area contributed by atoms with Gasteiger partial charge in [0.2, 0.25) is 0 Å². The number of hydrogen-bond acceptors (Lipinski definition) is 4. The van der Waals surface area contributed by atoms with Crippen LogP contribution in [0.2, 0.25) is 0 Å². The van der Waals surface area contributed by atoms with Gasteiger partial charge in [0.1, 0.15) is 23.7 Å². The highest BCUT2D eigenvalue weighted by Gasteiger charge is 2.21. The van der Waals surface area contributed by atoms with Crippen LogP contribution >= 0.6 is 15.9 Å². The molecule has 0 fully saturated rings. The molecule has 1 rings (SSSR count). The summed E-state index contributed by atoms with van der Waals surface area (Å²) in [6.07, 6.45) is -0.0861. The molecule has 1 aromatic rings. The molecule has 0 bridgehead atoms. The molecule has 6 heteroatoms. The van der Waals surface area contributed by atoms with Crippen molar-refractivity contribution in [3.05, 3.63) is 22.6 Å². The standard InChI is InChI=1S/C11H14BrNO4/c1-11(2,3)17-10(15)13-7(6-14)8-4-5-9(12)16-8/h4-7H,1-3H3,(H,13,15). The molecule has 0 saturated carbocycles. The molecule has 1 N–H and O–H groups in total. The second-order valence-corrected chi connectivity index (χ2v) is 5.18. The number of rotatable bonds is 3. The minimum Gasteiger partial charge on any atom is -0.452 e. The van der Waals surface area contributed by atoms with Crippen molar-refractivity contribution in [1.82, 2.24) is 5.32 Å². The monoisotopic (exact) mass is 303 g/mol. The number of carbonyl (C=O) groups is 2. The van der Waals surface area contributed by atoms with E-state index in [0.717, 1.165) is 0 Å². The zero-order valence-corrected chi connectivity index (χ0v) is 11.4.